The van der Waals surface area contributed by atoms with Crippen molar-refractivity contribution in [2.45, 2.75) is 38.1 Å². The van der Waals surface area contributed by atoms with E-state index in [0.29, 0.717) is 12.1 Å². The predicted octanol–water partition coefficient (Wildman–Crippen LogP) is 2.77. The number of hydrogen-bond acceptors (Lipinski definition) is 4. The molecule has 1 fully saturated rings. The molecule has 1 heterocycles. The van der Waals surface area contributed by atoms with Crippen LogP contribution in [0.4, 0.5) is 0 Å². The molecule has 1 aliphatic rings. The molecular weight excluding hydrogens is 300 g/mol. The summed E-state index contributed by atoms with van der Waals surface area (Å²) in [6.07, 6.45) is 2.32. The summed E-state index contributed by atoms with van der Waals surface area (Å²) in [4.78, 5) is 0. The van der Waals surface area contributed by atoms with E-state index in [9.17, 15) is 5.11 Å². The molecule has 4 nitrogen and oxygen atoms in total. The summed E-state index contributed by atoms with van der Waals surface area (Å²) < 4.78 is 5.44. The first-order chi connectivity index (χ1) is 11.8. The van der Waals surface area contributed by atoms with Crippen LogP contribution in [0.2, 0.25) is 0 Å². The van der Waals surface area contributed by atoms with Crippen LogP contribution in [0, 0.1) is 0 Å². The maximum Gasteiger partial charge on any atom is 0.123 e. The Hall–Kier alpha value is -1.88. The molecule has 3 N–H and O–H groups in total. The smallest absolute Gasteiger partial charge is 0.123 e. The van der Waals surface area contributed by atoms with E-state index >= 15 is 0 Å². The SMILES string of the molecule is COc1ccccc1CN[C@@H]1CCCN[C@@H]1c1ccc(CO)cc1. The summed E-state index contributed by atoms with van der Waals surface area (Å²) in [5.74, 6) is 0.928. The van der Waals surface area contributed by atoms with Crippen LogP contribution in [0.3, 0.4) is 0 Å². The summed E-state index contributed by atoms with van der Waals surface area (Å²) >= 11 is 0. The van der Waals surface area contributed by atoms with Crippen molar-refractivity contribution in [2.24, 2.45) is 0 Å². The Morgan fingerprint density at radius 3 is 2.71 bits per heavy atom. The van der Waals surface area contributed by atoms with E-state index in [0.717, 1.165) is 30.8 Å². The summed E-state index contributed by atoms with van der Waals surface area (Å²) in [7, 11) is 1.71. The van der Waals surface area contributed by atoms with E-state index in [1.165, 1.54) is 17.5 Å². The molecule has 0 spiro atoms. The van der Waals surface area contributed by atoms with Crippen molar-refractivity contribution in [1.82, 2.24) is 10.6 Å². The van der Waals surface area contributed by atoms with Crippen LogP contribution in [0.5, 0.6) is 5.75 Å². The third-order valence-corrected chi connectivity index (χ3v) is 4.73. The maximum absolute atomic E-state index is 9.21. The molecule has 0 bridgehead atoms. The highest BCUT2D eigenvalue weighted by atomic mass is 16.5. The normalized spacial score (nSPS) is 20.8. The highest BCUT2D eigenvalue weighted by molar-refractivity contribution is 5.33. The van der Waals surface area contributed by atoms with Gasteiger partial charge >= 0.3 is 0 Å². The van der Waals surface area contributed by atoms with E-state index in [2.05, 4.69) is 28.8 Å². The number of benzene rings is 2. The molecule has 0 aromatic heterocycles. The Labute approximate surface area is 143 Å². The molecule has 2 aromatic rings. The summed E-state index contributed by atoms with van der Waals surface area (Å²) in [6, 6.07) is 17.1. The lowest BCUT2D eigenvalue weighted by molar-refractivity contribution is 0.281. The molecule has 0 saturated carbocycles. The first-order valence-electron chi connectivity index (χ1n) is 8.60. The maximum atomic E-state index is 9.21. The zero-order valence-corrected chi connectivity index (χ0v) is 14.2. The molecule has 0 radical (unpaired) electrons. The first-order valence-corrected chi connectivity index (χ1v) is 8.60. The van der Waals surface area contributed by atoms with E-state index in [1.807, 2.05) is 30.3 Å². The quantitative estimate of drug-likeness (QED) is 0.764. The summed E-state index contributed by atoms with van der Waals surface area (Å²) in [6.45, 7) is 1.93. The molecule has 2 atom stereocenters. The molecule has 0 unspecified atom stereocenters. The van der Waals surface area contributed by atoms with Gasteiger partial charge in [0.15, 0.2) is 0 Å². The molecule has 0 amide bonds. The third-order valence-electron chi connectivity index (χ3n) is 4.73. The second kappa shape index (κ2) is 8.29. The number of nitrogens with one attached hydrogen (secondary N) is 2. The molecular formula is C20H26N2O2. The molecule has 1 saturated heterocycles. The Morgan fingerprint density at radius 2 is 1.96 bits per heavy atom. The minimum Gasteiger partial charge on any atom is -0.496 e. The number of aliphatic hydroxyl groups excluding tert-OH is 1. The zero-order valence-electron chi connectivity index (χ0n) is 14.2. The van der Waals surface area contributed by atoms with Crippen molar-refractivity contribution < 1.29 is 9.84 Å². The number of rotatable bonds is 6. The molecule has 0 aliphatic carbocycles. The van der Waals surface area contributed by atoms with E-state index in [1.54, 1.807) is 7.11 Å². The number of methoxy groups -OCH3 is 1. The fourth-order valence-corrected chi connectivity index (χ4v) is 3.38. The summed E-state index contributed by atoms with van der Waals surface area (Å²) in [5, 5.41) is 16.5. The summed E-state index contributed by atoms with van der Waals surface area (Å²) in [5.41, 5.74) is 3.40. The fourth-order valence-electron chi connectivity index (χ4n) is 3.38. The lowest BCUT2D eigenvalue weighted by Gasteiger charge is -2.34. The van der Waals surface area contributed by atoms with Gasteiger partial charge in [0.25, 0.3) is 0 Å². The Kier molecular flexibility index (Phi) is 5.86. The number of aliphatic hydroxyl groups is 1. The van der Waals surface area contributed by atoms with Gasteiger partial charge in [0.2, 0.25) is 0 Å². The number of ether oxygens (including phenoxy) is 1. The Morgan fingerprint density at radius 1 is 1.17 bits per heavy atom. The minimum atomic E-state index is 0.0911. The highest BCUT2D eigenvalue weighted by Crippen LogP contribution is 2.25. The molecule has 4 heteroatoms. The first kappa shape index (κ1) is 17.0. The van der Waals surface area contributed by atoms with Crippen molar-refractivity contribution in [3.63, 3.8) is 0 Å². The van der Waals surface area contributed by atoms with Crippen molar-refractivity contribution in [2.75, 3.05) is 13.7 Å². The van der Waals surface area contributed by atoms with Crippen molar-refractivity contribution >= 4 is 0 Å². The van der Waals surface area contributed by atoms with Crippen LogP contribution in [0.25, 0.3) is 0 Å². The van der Waals surface area contributed by atoms with Gasteiger partial charge < -0.3 is 20.5 Å². The van der Waals surface area contributed by atoms with Crippen LogP contribution in [0.15, 0.2) is 48.5 Å². The van der Waals surface area contributed by atoms with Crippen LogP contribution in [-0.4, -0.2) is 24.8 Å². The lowest BCUT2D eigenvalue weighted by atomic mass is 9.91. The van der Waals surface area contributed by atoms with Crippen LogP contribution < -0.4 is 15.4 Å². The van der Waals surface area contributed by atoms with Crippen molar-refractivity contribution in [3.05, 3.63) is 65.2 Å². The minimum absolute atomic E-state index is 0.0911. The van der Waals surface area contributed by atoms with E-state index in [4.69, 9.17) is 4.74 Å². The van der Waals surface area contributed by atoms with Gasteiger partial charge in [-0.2, -0.15) is 0 Å². The van der Waals surface area contributed by atoms with Crippen LogP contribution >= 0.6 is 0 Å². The largest absolute Gasteiger partial charge is 0.496 e. The van der Waals surface area contributed by atoms with Crippen molar-refractivity contribution in [3.8, 4) is 5.75 Å². The van der Waals surface area contributed by atoms with Gasteiger partial charge in [-0.25, -0.2) is 0 Å². The van der Waals surface area contributed by atoms with Crippen LogP contribution in [-0.2, 0) is 13.2 Å². The number of hydrogen-bond donors (Lipinski definition) is 3. The Bertz CT molecular complexity index is 642. The lowest BCUT2D eigenvalue weighted by Crippen LogP contribution is -2.45. The van der Waals surface area contributed by atoms with Gasteiger partial charge in [-0.3, -0.25) is 0 Å². The van der Waals surface area contributed by atoms with Gasteiger partial charge in [-0.1, -0.05) is 42.5 Å². The van der Waals surface area contributed by atoms with E-state index < -0.39 is 0 Å². The van der Waals surface area contributed by atoms with Gasteiger partial charge in [0.05, 0.1) is 13.7 Å². The van der Waals surface area contributed by atoms with Crippen molar-refractivity contribution in [1.29, 1.82) is 0 Å². The highest BCUT2D eigenvalue weighted by Gasteiger charge is 2.25. The molecule has 2 aromatic carbocycles. The standard InChI is InChI=1S/C20H26N2O2/c1-24-19-7-3-2-5-17(19)13-22-18-6-4-12-21-20(18)16-10-8-15(14-23)9-11-16/h2-3,5,7-11,18,20-23H,4,6,12-14H2,1H3/t18-,20-/m1/s1. The molecule has 1 aliphatic heterocycles. The van der Waals surface area contributed by atoms with Crippen LogP contribution in [0.1, 0.15) is 35.6 Å². The number of para-hydroxylation sites is 1. The zero-order chi connectivity index (χ0) is 16.8. The average Bonchev–Trinajstić information content (AvgIpc) is 2.67. The average molecular weight is 326 g/mol. The topological polar surface area (TPSA) is 53.5 Å². The fraction of sp³-hybridized carbons (Fsp3) is 0.400. The second-order valence-corrected chi connectivity index (χ2v) is 6.27. The second-order valence-electron chi connectivity index (χ2n) is 6.27. The molecule has 3 rings (SSSR count). The predicted molar refractivity (Wildman–Crippen MR) is 96.0 cm³/mol. The van der Waals surface area contributed by atoms with Gasteiger partial charge in [-0.05, 0) is 36.6 Å². The van der Waals surface area contributed by atoms with Gasteiger partial charge in [0, 0.05) is 24.2 Å². The van der Waals surface area contributed by atoms with E-state index in [-0.39, 0.29) is 6.61 Å². The van der Waals surface area contributed by atoms with Gasteiger partial charge in [-0.15, -0.1) is 0 Å². The third kappa shape index (κ3) is 3.96. The molecule has 128 valence electrons. The number of piperidine rings is 1. The monoisotopic (exact) mass is 326 g/mol. The van der Waals surface area contributed by atoms with Gasteiger partial charge in [0.1, 0.15) is 5.75 Å². The molecule has 24 heavy (non-hydrogen) atoms. The Balaban J connectivity index is 1.70.